The molecule has 1 aromatic carbocycles. The molecular weight excluding hydrogens is 293 g/mol. The molecule has 1 fully saturated rings. The first kappa shape index (κ1) is 15.8. The fourth-order valence-corrected chi connectivity index (χ4v) is 2.62. The summed E-state index contributed by atoms with van der Waals surface area (Å²) >= 11 is 1.24. The number of aliphatic carboxylic acids is 1. The number of carboxylic acids is 1. The van der Waals surface area contributed by atoms with Crippen LogP contribution < -0.4 is 0 Å². The number of hydrogen-bond donors (Lipinski definition) is 1. The number of carboxylic acid groups (broad SMARTS) is 1. The lowest BCUT2D eigenvalue weighted by molar-refractivity contribution is -0.141. The van der Waals surface area contributed by atoms with Crippen molar-refractivity contribution in [1.29, 1.82) is 0 Å². The third-order valence-corrected chi connectivity index (χ3v) is 4.29. The van der Waals surface area contributed by atoms with Gasteiger partial charge in [-0.15, -0.1) is 11.8 Å². The fourth-order valence-electron chi connectivity index (χ4n) is 2.12. The minimum absolute atomic E-state index is 0.113. The van der Waals surface area contributed by atoms with Gasteiger partial charge in [0.25, 0.3) is 5.91 Å². The summed E-state index contributed by atoms with van der Waals surface area (Å²) < 4.78 is 13.5. The summed E-state index contributed by atoms with van der Waals surface area (Å²) in [6.45, 7) is 1.77. The fraction of sp³-hybridized carbons (Fsp3) is 0.467. The third kappa shape index (κ3) is 3.75. The summed E-state index contributed by atoms with van der Waals surface area (Å²) in [6.07, 6.45) is 3.54. The molecule has 0 bridgehead atoms. The van der Waals surface area contributed by atoms with Crippen LogP contribution in [0.5, 0.6) is 0 Å². The van der Waals surface area contributed by atoms with Crippen LogP contribution in [0.1, 0.15) is 30.1 Å². The molecule has 1 amide bonds. The van der Waals surface area contributed by atoms with Crippen LogP contribution in [0.15, 0.2) is 23.1 Å². The van der Waals surface area contributed by atoms with Gasteiger partial charge in [0.1, 0.15) is 5.82 Å². The van der Waals surface area contributed by atoms with Crippen LogP contribution in [-0.4, -0.2) is 40.7 Å². The Morgan fingerprint density at radius 3 is 2.67 bits per heavy atom. The zero-order valence-electron chi connectivity index (χ0n) is 12.0. The Kier molecular flexibility index (Phi) is 4.88. The molecule has 114 valence electrons. The number of nitrogens with zero attached hydrogens (tertiary/aromatic N) is 1. The third-order valence-electron chi connectivity index (χ3n) is 3.54. The number of hydrogen-bond acceptors (Lipinski definition) is 3. The molecule has 1 atom stereocenters. The first-order chi connectivity index (χ1) is 9.93. The molecule has 0 saturated heterocycles. The van der Waals surface area contributed by atoms with Crippen molar-refractivity contribution in [1.82, 2.24) is 4.90 Å². The zero-order chi connectivity index (χ0) is 15.6. The molecule has 0 radical (unpaired) electrons. The monoisotopic (exact) mass is 311 g/mol. The summed E-state index contributed by atoms with van der Waals surface area (Å²) in [4.78, 5) is 25.6. The first-order valence-corrected chi connectivity index (χ1v) is 8.03. The van der Waals surface area contributed by atoms with E-state index in [0.717, 1.165) is 12.8 Å². The Labute approximate surface area is 127 Å². The van der Waals surface area contributed by atoms with Gasteiger partial charge in [0, 0.05) is 23.0 Å². The molecule has 1 unspecified atom stereocenters. The minimum atomic E-state index is -0.919. The van der Waals surface area contributed by atoms with Crippen LogP contribution in [-0.2, 0) is 4.79 Å². The summed E-state index contributed by atoms with van der Waals surface area (Å²) in [5.74, 6) is -2.11. The van der Waals surface area contributed by atoms with Gasteiger partial charge < -0.3 is 10.0 Å². The molecule has 1 aromatic rings. The molecule has 1 saturated carbocycles. The van der Waals surface area contributed by atoms with Crippen LogP contribution in [0.4, 0.5) is 4.39 Å². The molecule has 4 nitrogen and oxygen atoms in total. The number of halogens is 1. The number of carbonyl (C=O) groups is 2. The molecule has 1 N–H and O–H groups in total. The molecule has 0 heterocycles. The smallest absolute Gasteiger partial charge is 0.308 e. The summed E-state index contributed by atoms with van der Waals surface area (Å²) in [6, 6.07) is 4.38. The zero-order valence-corrected chi connectivity index (χ0v) is 12.8. The molecule has 0 aromatic heterocycles. The molecule has 1 aliphatic carbocycles. The van der Waals surface area contributed by atoms with Crippen molar-refractivity contribution in [2.45, 2.75) is 30.7 Å². The van der Waals surface area contributed by atoms with E-state index < -0.39 is 11.9 Å². The van der Waals surface area contributed by atoms with E-state index in [1.54, 1.807) is 18.1 Å². The lowest BCUT2D eigenvalue weighted by Gasteiger charge is -2.24. The average Bonchev–Trinajstić information content (AvgIpc) is 3.28. The van der Waals surface area contributed by atoms with Gasteiger partial charge in [-0.3, -0.25) is 9.59 Å². The van der Waals surface area contributed by atoms with Crippen molar-refractivity contribution in [2.75, 3.05) is 12.8 Å². The minimum Gasteiger partial charge on any atom is -0.481 e. The highest BCUT2D eigenvalue weighted by atomic mass is 32.2. The SMILES string of the molecule is CSc1cc(C(=O)N(CC(C)C(=O)O)C2CC2)ccc1F. The summed E-state index contributed by atoms with van der Waals surface area (Å²) in [5.41, 5.74) is 0.408. The summed E-state index contributed by atoms with van der Waals surface area (Å²) in [5, 5.41) is 9.01. The van der Waals surface area contributed by atoms with E-state index >= 15 is 0 Å². The number of amides is 1. The van der Waals surface area contributed by atoms with Crippen molar-refractivity contribution < 1.29 is 19.1 Å². The standard InChI is InChI=1S/C15H18FNO3S/c1-9(15(19)20)8-17(11-4-5-11)14(18)10-3-6-12(16)13(7-10)21-2/h3,6-7,9,11H,4-5,8H2,1-2H3,(H,19,20). The second-order valence-electron chi connectivity index (χ2n) is 5.28. The predicted octanol–water partition coefficient (Wildman–Crippen LogP) is 2.87. The van der Waals surface area contributed by atoms with Gasteiger partial charge in [0.05, 0.1) is 5.92 Å². The Morgan fingerprint density at radius 2 is 2.14 bits per heavy atom. The summed E-state index contributed by atoms with van der Waals surface area (Å²) in [7, 11) is 0. The quantitative estimate of drug-likeness (QED) is 0.821. The second-order valence-corrected chi connectivity index (χ2v) is 6.13. The van der Waals surface area contributed by atoms with Gasteiger partial charge in [0.2, 0.25) is 0 Å². The number of benzene rings is 1. The first-order valence-electron chi connectivity index (χ1n) is 6.81. The molecule has 21 heavy (non-hydrogen) atoms. The topological polar surface area (TPSA) is 57.6 Å². The predicted molar refractivity (Wildman–Crippen MR) is 79.0 cm³/mol. The van der Waals surface area contributed by atoms with Crippen LogP contribution in [0.3, 0.4) is 0 Å². The van der Waals surface area contributed by atoms with Crippen LogP contribution in [0, 0.1) is 11.7 Å². The number of thioether (sulfide) groups is 1. The van der Waals surface area contributed by atoms with Crippen LogP contribution >= 0.6 is 11.8 Å². The Morgan fingerprint density at radius 1 is 1.48 bits per heavy atom. The van der Waals surface area contributed by atoms with Gasteiger partial charge in [-0.25, -0.2) is 4.39 Å². The maximum Gasteiger partial charge on any atom is 0.308 e. The van der Waals surface area contributed by atoms with E-state index in [1.165, 1.54) is 30.0 Å². The highest BCUT2D eigenvalue weighted by Crippen LogP contribution is 2.30. The van der Waals surface area contributed by atoms with Crippen LogP contribution in [0.2, 0.25) is 0 Å². The van der Waals surface area contributed by atoms with Crippen molar-refractivity contribution in [3.63, 3.8) is 0 Å². The molecule has 0 aliphatic heterocycles. The van der Waals surface area contributed by atoms with E-state index in [9.17, 15) is 14.0 Å². The Balaban J connectivity index is 2.20. The van der Waals surface area contributed by atoms with E-state index in [-0.39, 0.29) is 24.3 Å². The molecular formula is C15H18FNO3S. The maximum absolute atomic E-state index is 13.5. The molecule has 6 heteroatoms. The highest BCUT2D eigenvalue weighted by Gasteiger charge is 2.35. The molecule has 0 spiro atoms. The van der Waals surface area contributed by atoms with Gasteiger partial charge in [-0.05, 0) is 37.3 Å². The van der Waals surface area contributed by atoms with Gasteiger partial charge in [0.15, 0.2) is 0 Å². The van der Waals surface area contributed by atoms with E-state index in [0.29, 0.717) is 10.5 Å². The van der Waals surface area contributed by atoms with Gasteiger partial charge in [-0.2, -0.15) is 0 Å². The van der Waals surface area contributed by atoms with E-state index in [4.69, 9.17) is 5.11 Å². The number of rotatable bonds is 6. The average molecular weight is 311 g/mol. The maximum atomic E-state index is 13.5. The lowest BCUT2D eigenvalue weighted by atomic mass is 10.1. The Bertz CT molecular complexity index is 560. The normalized spacial score (nSPS) is 15.6. The van der Waals surface area contributed by atoms with Crippen LogP contribution in [0.25, 0.3) is 0 Å². The molecule has 2 rings (SSSR count). The van der Waals surface area contributed by atoms with E-state index in [2.05, 4.69) is 0 Å². The van der Waals surface area contributed by atoms with Gasteiger partial charge in [-0.1, -0.05) is 6.92 Å². The Hall–Kier alpha value is -1.56. The second kappa shape index (κ2) is 6.47. The largest absolute Gasteiger partial charge is 0.481 e. The van der Waals surface area contributed by atoms with Gasteiger partial charge >= 0.3 is 5.97 Å². The molecule has 1 aliphatic rings. The lowest BCUT2D eigenvalue weighted by Crippen LogP contribution is -2.38. The van der Waals surface area contributed by atoms with Crippen molar-refractivity contribution in [2.24, 2.45) is 5.92 Å². The number of carbonyl (C=O) groups excluding carboxylic acids is 1. The van der Waals surface area contributed by atoms with Crippen molar-refractivity contribution in [3.05, 3.63) is 29.6 Å². The van der Waals surface area contributed by atoms with E-state index in [1.807, 2.05) is 0 Å². The van der Waals surface area contributed by atoms with Crippen molar-refractivity contribution in [3.8, 4) is 0 Å². The van der Waals surface area contributed by atoms with Crippen molar-refractivity contribution >= 4 is 23.6 Å². The highest BCUT2D eigenvalue weighted by molar-refractivity contribution is 7.98.